The standard InChI is InChI=1S/C9H11NO/c1-4-8-9(11-3)5-7(2)6-10-8/h4-6H,1H2,2-3H3. The van der Waals surface area contributed by atoms with Gasteiger partial charge in [-0.25, -0.2) is 0 Å². The SMILES string of the molecule is C=Cc1ncc(C)cc1OC. The van der Waals surface area contributed by atoms with Crippen LogP contribution in [-0.2, 0) is 0 Å². The van der Waals surface area contributed by atoms with E-state index < -0.39 is 0 Å². The average molecular weight is 149 g/mol. The first-order valence-corrected chi connectivity index (χ1v) is 3.41. The zero-order valence-electron chi connectivity index (χ0n) is 6.79. The molecule has 0 radical (unpaired) electrons. The van der Waals surface area contributed by atoms with E-state index >= 15 is 0 Å². The van der Waals surface area contributed by atoms with Gasteiger partial charge in [-0.05, 0) is 24.6 Å². The fourth-order valence-electron chi connectivity index (χ4n) is 0.870. The zero-order valence-corrected chi connectivity index (χ0v) is 6.79. The number of hydrogen-bond donors (Lipinski definition) is 0. The van der Waals surface area contributed by atoms with E-state index in [-0.39, 0.29) is 0 Å². The van der Waals surface area contributed by atoms with Gasteiger partial charge in [0.05, 0.1) is 7.11 Å². The molecule has 0 aliphatic heterocycles. The van der Waals surface area contributed by atoms with E-state index in [1.807, 2.05) is 13.0 Å². The molecule has 2 nitrogen and oxygen atoms in total. The molecule has 11 heavy (non-hydrogen) atoms. The van der Waals surface area contributed by atoms with E-state index in [0.717, 1.165) is 17.0 Å². The summed E-state index contributed by atoms with van der Waals surface area (Å²) in [5, 5.41) is 0. The minimum atomic E-state index is 0.778. The van der Waals surface area contributed by atoms with E-state index in [0.29, 0.717) is 0 Å². The highest BCUT2D eigenvalue weighted by molar-refractivity contribution is 5.51. The number of aromatic nitrogens is 1. The Balaban J connectivity index is 3.16. The normalized spacial score (nSPS) is 9.27. The Bertz CT molecular complexity index is 268. The smallest absolute Gasteiger partial charge is 0.144 e. The van der Waals surface area contributed by atoms with E-state index in [4.69, 9.17) is 4.74 Å². The minimum absolute atomic E-state index is 0.778. The second-order valence-electron chi connectivity index (χ2n) is 2.30. The van der Waals surface area contributed by atoms with Gasteiger partial charge in [-0.2, -0.15) is 0 Å². The number of hydrogen-bond acceptors (Lipinski definition) is 2. The fraction of sp³-hybridized carbons (Fsp3) is 0.222. The third kappa shape index (κ3) is 1.58. The molecule has 1 aromatic heterocycles. The lowest BCUT2D eigenvalue weighted by Crippen LogP contribution is -1.90. The minimum Gasteiger partial charge on any atom is -0.494 e. The van der Waals surface area contributed by atoms with E-state index in [1.165, 1.54) is 0 Å². The van der Waals surface area contributed by atoms with Crippen molar-refractivity contribution in [3.63, 3.8) is 0 Å². The quantitative estimate of drug-likeness (QED) is 0.642. The Morgan fingerprint density at radius 3 is 2.91 bits per heavy atom. The molecule has 2 heteroatoms. The van der Waals surface area contributed by atoms with Gasteiger partial charge in [-0.3, -0.25) is 4.98 Å². The molecule has 1 aromatic rings. The van der Waals surface area contributed by atoms with Gasteiger partial charge in [0, 0.05) is 6.20 Å². The molecule has 0 aliphatic carbocycles. The summed E-state index contributed by atoms with van der Waals surface area (Å²) in [7, 11) is 1.63. The maximum absolute atomic E-state index is 5.08. The Morgan fingerprint density at radius 1 is 1.64 bits per heavy atom. The molecule has 0 bridgehead atoms. The van der Waals surface area contributed by atoms with Crippen LogP contribution in [0.3, 0.4) is 0 Å². The number of aryl methyl sites for hydroxylation is 1. The average Bonchev–Trinajstić information content (AvgIpc) is 2.04. The molecule has 0 fully saturated rings. The first-order valence-electron chi connectivity index (χ1n) is 3.41. The molecular weight excluding hydrogens is 138 g/mol. The largest absolute Gasteiger partial charge is 0.494 e. The summed E-state index contributed by atoms with van der Waals surface area (Å²) in [5.41, 5.74) is 1.88. The third-order valence-corrected chi connectivity index (χ3v) is 1.43. The van der Waals surface area contributed by atoms with E-state index in [1.54, 1.807) is 19.4 Å². The molecule has 0 saturated heterocycles. The van der Waals surface area contributed by atoms with Crippen molar-refractivity contribution in [2.24, 2.45) is 0 Å². The fourth-order valence-corrected chi connectivity index (χ4v) is 0.870. The summed E-state index contributed by atoms with van der Waals surface area (Å²) >= 11 is 0. The van der Waals surface area contributed by atoms with Gasteiger partial charge in [-0.15, -0.1) is 0 Å². The third-order valence-electron chi connectivity index (χ3n) is 1.43. The van der Waals surface area contributed by atoms with Crippen LogP contribution in [0.2, 0.25) is 0 Å². The number of nitrogens with zero attached hydrogens (tertiary/aromatic N) is 1. The lowest BCUT2D eigenvalue weighted by atomic mass is 10.2. The highest BCUT2D eigenvalue weighted by atomic mass is 16.5. The van der Waals surface area contributed by atoms with Crippen LogP contribution < -0.4 is 4.74 Å². The molecule has 0 amide bonds. The highest BCUT2D eigenvalue weighted by Gasteiger charge is 1.98. The molecule has 0 aromatic carbocycles. The van der Waals surface area contributed by atoms with Crippen LogP contribution in [0.15, 0.2) is 18.8 Å². The second-order valence-corrected chi connectivity index (χ2v) is 2.30. The predicted molar refractivity (Wildman–Crippen MR) is 45.6 cm³/mol. The topological polar surface area (TPSA) is 22.1 Å². The molecule has 0 aliphatic rings. The number of rotatable bonds is 2. The van der Waals surface area contributed by atoms with Crippen molar-refractivity contribution in [1.29, 1.82) is 0 Å². The molecule has 0 unspecified atom stereocenters. The molecule has 58 valence electrons. The number of methoxy groups -OCH3 is 1. The summed E-state index contributed by atoms with van der Waals surface area (Å²) in [6, 6.07) is 1.93. The Labute approximate surface area is 66.5 Å². The molecule has 0 N–H and O–H groups in total. The summed E-state index contributed by atoms with van der Waals surface area (Å²) in [4.78, 5) is 4.12. The lowest BCUT2D eigenvalue weighted by Gasteiger charge is -2.03. The predicted octanol–water partition coefficient (Wildman–Crippen LogP) is 2.04. The maximum Gasteiger partial charge on any atom is 0.144 e. The van der Waals surface area contributed by atoms with Crippen molar-refractivity contribution in [3.8, 4) is 5.75 Å². The van der Waals surface area contributed by atoms with E-state index in [9.17, 15) is 0 Å². The summed E-state index contributed by atoms with van der Waals surface area (Å²) in [6.07, 6.45) is 3.47. The molecule has 1 heterocycles. The lowest BCUT2D eigenvalue weighted by molar-refractivity contribution is 0.411. The van der Waals surface area contributed by atoms with Crippen molar-refractivity contribution in [1.82, 2.24) is 4.98 Å². The molecule has 0 atom stereocenters. The molecular formula is C9H11NO. The Kier molecular flexibility index (Phi) is 2.26. The van der Waals surface area contributed by atoms with Gasteiger partial charge in [0.15, 0.2) is 0 Å². The first kappa shape index (κ1) is 7.79. The van der Waals surface area contributed by atoms with Crippen molar-refractivity contribution in [2.75, 3.05) is 7.11 Å². The van der Waals surface area contributed by atoms with Gasteiger partial charge < -0.3 is 4.74 Å². The van der Waals surface area contributed by atoms with Gasteiger partial charge in [-0.1, -0.05) is 6.58 Å². The Hall–Kier alpha value is -1.31. The summed E-state index contributed by atoms with van der Waals surface area (Å²) in [6.45, 7) is 5.60. The summed E-state index contributed by atoms with van der Waals surface area (Å²) < 4.78 is 5.08. The highest BCUT2D eigenvalue weighted by Crippen LogP contribution is 2.17. The van der Waals surface area contributed by atoms with Crippen LogP contribution >= 0.6 is 0 Å². The molecule has 1 rings (SSSR count). The van der Waals surface area contributed by atoms with E-state index in [2.05, 4.69) is 11.6 Å². The van der Waals surface area contributed by atoms with Crippen LogP contribution in [0.1, 0.15) is 11.3 Å². The maximum atomic E-state index is 5.08. The van der Waals surface area contributed by atoms with Gasteiger partial charge in [0.2, 0.25) is 0 Å². The van der Waals surface area contributed by atoms with Crippen molar-refractivity contribution < 1.29 is 4.74 Å². The molecule has 0 saturated carbocycles. The zero-order chi connectivity index (χ0) is 8.27. The second kappa shape index (κ2) is 3.19. The van der Waals surface area contributed by atoms with Crippen molar-refractivity contribution in [2.45, 2.75) is 6.92 Å². The van der Waals surface area contributed by atoms with Crippen LogP contribution in [0.25, 0.3) is 6.08 Å². The monoisotopic (exact) mass is 149 g/mol. The van der Waals surface area contributed by atoms with Crippen LogP contribution in [0.5, 0.6) is 5.75 Å². The van der Waals surface area contributed by atoms with Crippen LogP contribution in [-0.4, -0.2) is 12.1 Å². The summed E-state index contributed by atoms with van der Waals surface area (Å²) in [5.74, 6) is 0.778. The number of ether oxygens (including phenoxy) is 1. The van der Waals surface area contributed by atoms with Gasteiger partial charge in [0.25, 0.3) is 0 Å². The van der Waals surface area contributed by atoms with Crippen molar-refractivity contribution in [3.05, 3.63) is 30.1 Å². The van der Waals surface area contributed by atoms with Gasteiger partial charge in [0.1, 0.15) is 11.4 Å². The first-order chi connectivity index (χ1) is 5.27. The van der Waals surface area contributed by atoms with Crippen molar-refractivity contribution >= 4 is 6.08 Å². The number of pyridine rings is 1. The van der Waals surface area contributed by atoms with Crippen LogP contribution in [0.4, 0.5) is 0 Å². The Morgan fingerprint density at radius 2 is 2.36 bits per heavy atom. The molecule has 0 spiro atoms. The van der Waals surface area contributed by atoms with Crippen LogP contribution in [0, 0.1) is 6.92 Å². The van der Waals surface area contributed by atoms with Gasteiger partial charge >= 0.3 is 0 Å².